The molecule has 0 radical (unpaired) electrons. The summed E-state index contributed by atoms with van der Waals surface area (Å²) in [4.78, 5) is 4.33. The van der Waals surface area contributed by atoms with Gasteiger partial charge in [-0.15, -0.1) is 24.0 Å². The molecule has 0 aliphatic carbocycles. The summed E-state index contributed by atoms with van der Waals surface area (Å²) in [5.74, 6) is 0.539. The number of aromatic nitrogens is 2. The largest absolute Gasteiger partial charge is 0.356 e. The molecule has 27 heavy (non-hydrogen) atoms. The molecule has 152 valence electrons. The molecule has 0 saturated heterocycles. The van der Waals surface area contributed by atoms with Gasteiger partial charge < -0.3 is 19.8 Å². The number of halogens is 3. The molecular weight excluding hydrogens is 526 g/mol. The fourth-order valence-electron chi connectivity index (χ4n) is 2.24. The van der Waals surface area contributed by atoms with Crippen molar-refractivity contribution in [3.05, 3.63) is 40.4 Å². The van der Waals surface area contributed by atoms with E-state index in [0.717, 1.165) is 5.69 Å². The predicted octanol–water partition coefficient (Wildman–Crippen LogP) is 1.93. The lowest BCUT2D eigenvalue weighted by Gasteiger charge is -2.13. The van der Waals surface area contributed by atoms with Crippen LogP contribution in [0.25, 0.3) is 0 Å². The van der Waals surface area contributed by atoms with Crippen LogP contribution in [0.4, 0.5) is 0 Å². The van der Waals surface area contributed by atoms with Gasteiger partial charge in [-0.05, 0) is 12.1 Å². The average Bonchev–Trinajstić information content (AvgIpc) is 3.14. The van der Waals surface area contributed by atoms with Gasteiger partial charge in [0, 0.05) is 52.3 Å². The number of aryl methyl sites for hydroxylation is 1. The van der Waals surface area contributed by atoms with Gasteiger partial charge in [0.1, 0.15) is 5.15 Å². The highest BCUT2D eigenvalue weighted by Crippen LogP contribution is 2.24. The lowest BCUT2D eigenvalue weighted by molar-refractivity contribution is 0.580. The average molecular weight is 549 g/mol. The molecule has 0 unspecified atom stereocenters. The number of hydrogen-bond acceptors (Lipinski definition) is 3. The van der Waals surface area contributed by atoms with Crippen molar-refractivity contribution >= 4 is 63.2 Å². The van der Waals surface area contributed by atoms with Gasteiger partial charge in [0.05, 0.1) is 16.5 Å². The molecule has 8 nitrogen and oxygen atoms in total. The van der Waals surface area contributed by atoms with Crippen molar-refractivity contribution in [3.63, 3.8) is 0 Å². The van der Waals surface area contributed by atoms with Crippen LogP contribution in [0.15, 0.2) is 34.4 Å². The highest BCUT2D eigenvalue weighted by molar-refractivity contribution is 14.0. The molecule has 0 aliphatic heterocycles. The Morgan fingerprint density at radius 3 is 2.44 bits per heavy atom. The quantitative estimate of drug-likeness (QED) is 0.213. The molecule has 12 heteroatoms. The van der Waals surface area contributed by atoms with Gasteiger partial charge in [0.15, 0.2) is 5.96 Å². The van der Waals surface area contributed by atoms with Gasteiger partial charge in [-0.3, -0.25) is 4.99 Å². The van der Waals surface area contributed by atoms with E-state index < -0.39 is 10.0 Å². The predicted molar refractivity (Wildman–Crippen MR) is 120 cm³/mol. The molecule has 2 heterocycles. The Balaban J connectivity index is 0.00000364. The van der Waals surface area contributed by atoms with Crippen molar-refractivity contribution in [1.82, 2.24) is 24.5 Å². The number of sulfonamides is 1. The smallest absolute Gasteiger partial charge is 0.242 e. The molecule has 0 amide bonds. The number of nitrogens with zero attached hydrogens (tertiary/aromatic N) is 3. The molecule has 2 aromatic rings. The van der Waals surface area contributed by atoms with Crippen LogP contribution in [0.5, 0.6) is 0 Å². The molecule has 2 aromatic heterocycles. The minimum absolute atomic E-state index is 0. The molecule has 0 spiro atoms. The second-order valence-electron chi connectivity index (χ2n) is 5.60. The lowest BCUT2D eigenvalue weighted by atomic mass is 10.4. The first-order chi connectivity index (χ1) is 12.2. The molecule has 0 aromatic carbocycles. The number of guanidine groups is 1. The topological polar surface area (TPSA) is 92.5 Å². The third-order valence-corrected chi connectivity index (χ3v) is 5.99. The van der Waals surface area contributed by atoms with Crippen LogP contribution in [0, 0.1) is 0 Å². The summed E-state index contributed by atoms with van der Waals surface area (Å²) in [5, 5.41) is 7.13. The minimum atomic E-state index is -3.51. The minimum Gasteiger partial charge on any atom is -0.356 e. The molecular formula is C15H23Cl2IN6O2S. The van der Waals surface area contributed by atoms with E-state index in [0.29, 0.717) is 29.2 Å². The monoisotopic (exact) mass is 548 g/mol. The van der Waals surface area contributed by atoms with Crippen LogP contribution in [-0.4, -0.2) is 43.6 Å². The maximum atomic E-state index is 12.1. The molecule has 0 aliphatic rings. The zero-order valence-corrected chi connectivity index (χ0v) is 19.8. The fourth-order valence-corrected chi connectivity index (χ4v) is 3.74. The molecule has 0 fully saturated rings. The summed E-state index contributed by atoms with van der Waals surface area (Å²) in [5.41, 5.74) is 0.896. The van der Waals surface area contributed by atoms with Crippen LogP contribution in [0.3, 0.4) is 0 Å². The van der Waals surface area contributed by atoms with E-state index in [1.807, 2.05) is 7.05 Å². The molecule has 2 rings (SSSR count). The van der Waals surface area contributed by atoms with Crippen molar-refractivity contribution in [1.29, 1.82) is 0 Å². The molecule has 0 bridgehead atoms. The molecule has 0 atom stereocenters. The Hall–Kier alpha value is -0.950. The normalized spacial score (nSPS) is 12.0. The van der Waals surface area contributed by atoms with Crippen LogP contribution < -0.4 is 15.4 Å². The Labute approximate surface area is 186 Å². The van der Waals surface area contributed by atoms with E-state index in [1.54, 1.807) is 47.8 Å². The second-order valence-corrected chi connectivity index (χ2v) is 8.13. The standard InChI is InChI=1S/C15H22Cl2N6O2S.HI/c1-18-15(20-9-11-8-13(16)14(17)23(11)3)19-5-6-21-26(24,25)12-4-7-22(2)10-12;/h4,7-8,10,21H,5-6,9H2,1-3H3,(H2,18,19,20);1H. The van der Waals surface area contributed by atoms with E-state index in [1.165, 1.54) is 0 Å². The Bertz CT molecular complexity index is 894. The van der Waals surface area contributed by atoms with Crippen molar-refractivity contribution in [2.45, 2.75) is 11.4 Å². The zero-order valence-electron chi connectivity index (χ0n) is 15.2. The maximum absolute atomic E-state index is 12.1. The Morgan fingerprint density at radius 2 is 1.93 bits per heavy atom. The van der Waals surface area contributed by atoms with Gasteiger partial charge in [-0.1, -0.05) is 23.2 Å². The van der Waals surface area contributed by atoms with Gasteiger partial charge >= 0.3 is 0 Å². The summed E-state index contributed by atoms with van der Waals surface area (Å²) in [7, 11) is 1.71. The molecule has 3 N–H and O–H groups in total. The van der Waals surface area contributed by atoms with Crippen LogP contribution in [-0.2, 0) is 30.7 Å². The summed E-state index contributed by atoms with van der Waals surface area (Å²) in [6.07, 6.45) is 3.23. The van der Waals surface area contributed by atoms with Gasteiger partial charge in [-0.2, -0.15) is 0 Å². The number of hydrogen-bond donors (Lipinski definition) is 3. The lowest BCUT2D eigenvalue weighted by Crippen LogP contribution is -2.41. The number of nitrogens with one attached hydrogen (secondary N) is 3. The summed E-state index contributed by atoms with van der Waals surface area (Å²) < 4.78 is 30.2. The van der Waals surface area contributed by atoms with Gasteiger partial charge in [-0.25, -0.2) is 13.1 Å². The first-order valence-electron chi connectivity index (χ1n) is 7.80. The summed E-state index contributed by atoms with van der Waals surface area (Å²) in [6.45, 7) is 1.07. The van der Waals surface area contributed by atoms with E-state index >= 15 is 0 Å². The van der Waals surface area contributed by atoms with Crippen LogP contribution in [0.2, 0.25) is 10.2 Å². The third-order valence-electron chi connectivity index (χ3n) is 3.70. The SMILES string of the molecule is CN=C(NCCNS(=O)(=O)c1ccn(C)c1)NCc1cc(Cl)c(Cl)n1C.I. The van der Waals surface area contributed by atoms with Crippen LogP contribution >= 0.6 is 47.2 Å². The molecule has 0 saturated carbocycles. The summed E-state index contributed by atoms with van der Waals surface area (Å²) >= 11 is 12.0. The first kappa shape index (κ1) is 24.1. The van der Waals surface area contributed by atoms with E-state index in [-0.39, 0.29) is 35.4 Å². The fraction of sp³-hybridized carbons (Fsp3) is 0.400. The second kappa shape index (κ2) is 10.6. The van der Waals surface area contributed by atoms with Gasteiger partial charge in [0.25, 0.3) is 0 Å². The van der Waals surface area contributed by atoms with Crippen molar-refractivity contribution in [3.8, 4) is 0 Å². The van der Waals surface area contributed by atoms with Crippen molar-refractivity contribution in [2.75, 3.05) is 20.1 Å². The maximum Gasteiger partial charge on any atom is 0.242 e. The number of aliphatic imine (C=N–C) groups is 1. The van der Waals surface area contributed by atoms with Gasteiger partial charge in [0.2, 0.25) is 10.0 Å². The van der Waals surface area contributed by atoms with Crippen LogP contribution in [0.1, 0.15) is 5.69 Å². The van der Waals surface area contributed by atoms with E-state index in [9.17, 15) is 8.42 Å². The van der Waals surface area contributed by atoms with Crippen molar-refractivity contribution in [2.24, 2.45) is 19.1 Å². The summed E-state index contributed by atoms with van der Waals surface area (Å²) in [6, 6.07) is 3.32. The van der Waals surface area contributed by atoms with E-state index in [2.05, 4.69) is 20.3 Å². The third kappa shape index (κ3) is 6.56. The zero-order chi connectivity index (χ0) is 19.3. The Kier molecular flexibility index (Phi) is 9.42. The van der Waals surface area contributed by atoms with Crippen molar-refractivity contribution < 1.29 is 8.42 Å². The van der Waals surface area contributed by atoms with E-state index in [4.69, 9.17) is 23.2 Å². The highest BCUT2D eigenvalue weighted by Gasteiger charge is 2.14. The first-order valence-corrected chi connectivity index (χ1v) is 10.0. The number of rotatable bonds is 7. The Morgan fingerprint density at radius 1 is 1.22 bits per heavy atom. The highest BCUT2D eigenvalue weighted by atomic mass is 127.